The first-order chi connectivity index (χ1) is 5.74. The molecule has 0 bridgehead atoms. The highest BCUT2D eigenvalue weighted by molar-refractivity contribution is 5.60. The Balaban J connectivity index is 2.78. The Morgan fingerprint density at radius 3 is 2.75 bits per heavy atom. The third-order valence-corrected chi connectivity index (χ3v) is 1.39. The maximum absolute atomic E-state index is 5.62. The van der Waals surface area contributed by atoms with Gasteiger partial charge in [-0.3, -0.25) is 0 Å². The molecular formula is C9H12N2O. The molecule has 64 valence electrons. The van der Waals surface area contributed by atoms with E-state index in [1.165, 1.54) is 0 Å². The van der Waals surface area contributed by atoms with Gasteiger partial charge in [0.2, 0.25) is 0 Å². The Kier molecular flexibility index (Phi) is 2.58. The van der Waals surface area contributed by atoms with E-state index in [0.717, 1.165) is 0 Å². The molecule has 3 nitrogen and oxygen atoms in total. The maximum atomic E-state index is 5.62. The lowest BCUT2D eigenvalue weighted by atomic mass is 10.2. The van der Waals surface area contributed by atoms with Gasteiger partial charge in [-0.15, -0.1) is 0 Å². The highest BCUT2D eigenvalue weighted by Crippen LogP contribution is 2.23. The first-order valence-corrected chi connectivity index (χ1v) is 3.62. The van der Waals surface area contributed by atoms with Crippen LogP contribution in [-0.2, 0) is 0 Å². The smallest absolute Gasteiger partial charge is 0.142 e. The third-order valence-electron chi connectivity index (χ3n) is 1.39. The lowest BCUT2D eigenvalue weighted by Crippen LogP contribution is -1.98. The zero-order valence-corrected chi connectivity index (χ0v) is 6.79. The lowest BCUT2D eigenvalue weighted by molar-refractivity contribution is 0.365. The Bertz CT molecular complexity index is 284. The van der Waals surface area contributed by atoms with E-state index in [4.69, 9.17) is 16.2 Å². The van der Waals surface area contributed by atoms with Crippen LogP contribution in [0.2, 0.25) is 0 Å². The van der Waals surface area contributed by atoms with Crippen molar-refractivity contribution >= 4 is 11.4 Å². The molecule has 0 aliphatic rings. The molecule has 0 aliphatic carbocycles. The third kappa shape index (κ3) is 1.92. The molecule has 0 amide bonds. The van der Waals surface area contributed by atoms with Crippen LogP contribution in [0.4, 0.5) is 11.4 Å². The van der Waals surface area contributed by atoms with Crippen molar-refractivity contribution in [3.63, 3.8) is 0 Å². The van der Waals surface area contributed by atoms with E-state index in [0.29, 0.717) is 23.7 Å². The van der Waals surface area contributed by atoms with Crippen LogP contribution in [-0.4, -0.2) is 6.61 Å². The van der Waals surface area contributed by atoms with Crippen LogP contribution >= 0.6 is 0 Å². The van der Waals surface area contributed by atoms with Crippen molar-refractivity contribution in [1.82, 2.24) is 0 Å². The molecule has 1 rings (SSSR count). The molecule has 0 radical (unpaired) electrons. The van der Waals surface area contributed by atoms with Crippen molar-refractivity contribution in [1.29, 1.82) is 0 Å². The van der Waals surface area contributed by atoms with Gasteiger partial charge in [-0.2, -0.15) is 0 Å². The second-order valence-corrected chi connectivity index (χ2v) is 2.40. The largest absolute Gasteiger partial charge is 0.487 e. The molecule has 0 unspecified atom stereocenters. The van der Waals surface area contributed by atoms with Crippen LogP contribution in [0, 0.1) is 0 Å². The van der Waals surface area contributed by atoms with Crippen LogP contribution in [0.15, 0.2) is 30.9 Å². The van der Waals surface area contributed by atoms with Gasteiger partial charge in [-0.1, -0.05) is 12.7 Å². The van der Waals surface area contributed by atoms with Gasteiger partial charge >= 0.3 is 0 Å². The number of nitrogen functional groups attached to an aromatic ring is 2. The number of hydrogen-bond donors (Lipinski definition) is 2. The molecule has 0 saturated heterocycles. The van der Waals surface area contributed by atoms with Gasteiger partial charge in [0.15, 0.2) is 0 Å². The average Bonchev–Trinajstić information content (AvgIpc) is 2.03. The van der Waals surface area contributed by atoms with E-state index < -0.39 is 0 Å². The van der Waals surface area contributed by atoms with E-state index in [2.05, 4.69) is 6.58 Å². The van der Waals surface area contributed by atoms with Crippen molar-refractivity contribution in [2.24, 2.45) is 0 Å². The van der Waals surface area contributed by atoms with Crippen LogP contribution in [0.1, 0.15) is 0 Å². The van der Waals surface area contributed by atoms with Gasteiger partial charge < -0.3 is 16.2 Å². The number of benzene rings is 1. The topological polar surface area (TPSA) is 61.3 Å². The minimum atomic E-state index is 0.452. The predicted octanol–water partition coefficient (Wildman–Crippen LogP) is 1.42. The van der Waals surface area contributed by atoms with Crippen LogP contribution in [0.5, 0.6) is 5.75 Å². The fraction of sp³-hybridized carbons (Fsp3) is 0.111. The fourth-order valence-electron chi connectivity index (χ4n) is 0.847. The fourth-order valence-corrected chi connectivity index (χ4v) is 0.847. The van der Waals surface area contributed by atoms with Gasteiger partial charge in [0.1, 0.15) is 12.4 Å². The molecule has 0 atom stereocenters. The summed E-state index contributed by atoms with van der Waals surface area (Å²) in [5.41, 5.74) is 12.3. The average molecular weight is 164 g/mol. The van der Waals surface area contributed by atoms with Crippen LogP contribution < -0.4 is 16.2 Å². The molecule has 4 N–H and O–H groups in total. The molecule has 1 aromatic rings. The first kappa shape index (κ1) is 8.46. The summed E-state index contributed by atoms with van der Waals surface area (Å²) in [5, 5.41) is 0. The molecule has 3 heteroatoms. The minimum absolute atomic E-state index is 0.452. The van der Waals surface area contributed by atoms with Gasteiger partial charge in [-0.05, 0) is 18.2 Å². The van der Waals surface area contributed by atoms with Crippen LogP contribution in [0.25, 0.3) is 0 Å². The van der Waals surface area contributed by atoms with Crippen molar-refractivity contribution in [3.05, 3.63) is 30.9 Å². The summed E-state index contributed by atoms with van der Waals surface area (Å²) in [4.78, 5) is 0. The maximum Gasteiger partial charge on any atom is 0.142 e. The Morgan fingerprint density at radius 1 is 1.42 bits per heavy atom. The summed E-state index contributed by atoms with van der Waals surface area (Å²) in [6.07, 6.45) is 1.66. The predicted molar refractivity (Wildman–Crippen MR) is 51.0 cm³/mol. The van der Waals surface area contributed by atoms with Crippen LogP contribution in [0.3, 0.4) is 0 Å². The van der Waals surface area contributed by atoms with E-state index in [9.17, 15) is 0 Å². The molecule has 0 spiro atoms. The van der Waals surface area contributed by atoms with Crippen molar-refractivity contribution < 1.29 is 4.74 Å². The number of ether oxygens (including phenoxy) is 1. The summed E-state index contributed by atoms with van der Waals surface area (Å²) in [7, 11) is 0. The Labute approximate surface area is 71.6 Å². The number of anilines is 2. The van der Waals surface area contributed by atoms with E-state index in [1.54, 1.807) is 24.3 Å². The number of nitrogens with two attached hydrogens (primary N) is 2. The molecule has 0 aliphatic heterocycles. The summed E-state index contributed by atoms with van der Waals surface area (Å²) in [5.74, 6) is 0.643. The highest BCUT2D eigenvalue weighted by atomic mass is 16.5. The van der Waals surface area contributed by atoms with E-state index >= 15 is 0 Å². The molecule has 0 fully saturated rings. The molecule has 0 aromatic heterocycles. The Hall–Kier alpha value is -1.64. The van der Waals surface area contributed by atoms with Gasteiger partial charge in [-0.25, -0.2) is 0 Å². The molecule has 0 heterocycles. The second-order valence-electron chi connectivity index (χ2n) is 2.40. The van der Waals surface area contributed by atoms with Gasteiger partial charge in [0.25, 0.3) is 0 Å². The number of rotatable bonds is 3. The quantitative estimate of drug-likeness (QED) is 0.524. The molecule has 1 aromatic carbocycles. The van der Waals surface area contributed by atoms with Crippen molar-refractivity contribution in [2.75, 3.05) is 18.1 Å². The monoisotopic (exact) mass is 164 g/mol. The first-order valence-electron chi connectivity index (χ1n) is 3.62. The van der Waals surface area contributed by atoms with E-state index in [-0.39, 0.29) is 0 Å². The second kappa shape index (κ2) is 3.67. The van der Waals surface area contributed by atoms with Gasteiger partial charge in [0, 0.05) is 5.69 Å². The van der Waals surface area contributed by atoms with E-state index in [1.807, 2.05) is 0 Å². The molecule has 12 heavy (non-hydrogen) atoms. The zero-order chi connectivity index (χ0) is 8.97. The molecule has 0 saturated carbocycles. The Morgan fingerprint density at radius 2 is 2.17 bits per heavy atom. The summed E-state index contributed by atoms with van der Waals surface area (Å²) in [6.45, 7) is 3.98. The molecular weight excluding hydrogens is 152 g/mol. The summed E-state index contributed by atoms with van der Waals surface area (Å²) in [6, 6.07) is 5.15. The zero-order valence-electron chi connectivity index (χ0n) is 6.79. The van der Waals surface area contributed by atoms with Crippen molar-refractivity contribution in [3.8, 4) is 5.75 Å². The minimum Gasteiger partial charge on any atom is -0.487 e. The van der Waals surface area contributed by atoms with Gasteiger partial charge in [0.05, 0.1) is 5.69 Å². The van der Waals surface area contributed by atoms with Crippen molar-refractivity contribution in [2.45, 2.75) is 0 Å². The highest BCUT2D eigenvalue weighted by Gasteiger charge is 1.98. The summed E-state index contributed by atoms with van der Waals surface area (Å²) < 4.78 is 5.24. The summed E-state index contributed by atoms with van der Waals surface area (Å²) >= 11 is 0. The SMILES string of the molecule is C=CCOc1ccc(N)cc1N. The lowest BCUT2D eigenvalue weighted by Gasteiger charge is -2.06. The normalized spacial score (nSPS) is 9.33. The number of hydrogen-bond acceptors (Lipinski definition) is 3. The standard InChI is InChI=1S/C9H12N2O/c1-2-5-12-9-4-3-7(10)6-8(9)11/h2-4,6H,1,5,10-11H2.